The zero-order chi connectivity index (χ0) is 12.1. The number of carbonyl (C=O) groups excluding carboxylic acids is 2. The Bertz CT molecular complexity index is 407. The fraction of sp³-hybridized carbons (Fsp3) is 0.455. The summed E-state index contributed by atoms with van der Waals surface area (Å²) >= 11 is 0. The molecule has 90 valence electrons. The summed E-state index contributed by atoms with van der Waals surface area (Å²) in [5.74, 6) is -0.486. The molecule has 0 unspecified atom stereocenters. The third-order valence-electron chi connectivity index (χ3n) is 2.64. The molecule has 0 aliphatic carbocycles. The topological polar surface area (TPSA) is 84.0 Å². The van der Waals surface area contributed by atoms with Crippen LogP contribution < -0.4 is 10.6 Å². The van der Waals surface area contributed by atoms with Gasteiger partial charge in [-0.25, -0.2) is 4.98 Å². The van der Waals surface area contributed by atoms with Gasteiger partial charge in [-0.1, -0.05) is 0 Å². The molecule has 0 spiro atoms. The molecule has 1 aromatic rings. The van der Waals surface area contributed by atoms with Crippen molar-refractivity contribution >= 4 is 11.8 Å². The fourth-order valence-electron chi connectivity index (χ4n) is 1.73. The summed E-state index contributed by atoms with van der Waals surface area (Å²) in [6.45, 7) is 0.677. The number of nitrogens with zero attached hydrogens (tertiary/aromatic N) is 2. The van der Waals surface area contributed by atoms with Crippen molar-refractivity contribution in [1.29, 1.82) is 0 Å². The van der Waals surface area contributed by atoms with Crippen LogP contribution in [0.25, 0.3) is 0 Å². The van der Waals surface area contributed by atoms with Gasteiger partial charge in [0.15, 0.2) is 0 Å². The lowest BCUT2D eigenvalue weighted by Gasteiger charge is -2.14. The van der Waals surface area contributed by atoms with E-state index in [-0.39, 0.29) is 17.5 Å². The van der Waals surface area contributed by atoms with Gasteiger partial charge in [-0.3, -0.25) is 14.6 Å². The van der Waals surface area contributed by atoms with Gasteiger partial charge in [0.2, 0.25) is 5.91 Å². The van der Waals surface area contributed by atoms with E-state index >= 15 is 0 Å². The third-order valence-corrected chi connectivity index (χ3v) is 2.64. The summed E-state index contributed by atoms with van der Waals surface area (Å²) in [5, 5.41) is 5.43. The molecular weight excluding hydrogens is 220 g/mol. The van der Waals surface area contributed by atoms with Gasteiger partial charge in [-0.2, -0.15) is 0 Å². The van der Waals surface area contributed by atoms with E-state index in [1.54, 1.807) is 0 Å². The molecule has 0 bridgehead atoms. The molecular formula is C11H14N4O2. The van der Waals surface area contributed by atoms with Gasteiger partial charge in [-0.15, -0.1) is 0 Å². The van der Waals surface area contributed by atoms with Crippen molar-refractivity contribution in [1.82, 2.24) is 20.6 Å². The van der Waals surface area contributed by atoms with Crippen molar-refractivity contribution < 1.29 is 9.59 Å². The van der Waals surface area contributed by atoms with Crippen molar-refractivity contribution in [3.63, 3.8) is 0 Å². The second-order valence-electron chi connectivity index (χ2n) is 3.90. The quantitative estimate of drug-likeness (QED) is 0.747. The molecule has 1 fully saturated rings. The Morgan fingerprint density at radius 2 is 2.29 bits per heavy atom. The molecule has 1 aliphatic rings. The van der Waals surface area contributed by atoms with Gasteiger partial charge in [0.25, 0.3) is 5.91 Å². The van der Waals surface area contributed by atoms with Crippen LogP contribution >= 0.6 is 0 Å². The molecule has 6 heteroatoms. The minimum Gasteiger partial charge on any atom is -0.354 e. The molecule has 1 saturated heterocycles. The zero-order valence-electron chi connectivity index (χ0n) is 9.35. The number of carbonyl (C=O) groups is 2. The second-order valence-corrected chi connectivity index (χ2v) is 3.90. The Labute approximate surface area is 98.8 Å². The van der Waals surface area contributed by atoms with Crippen molar-refractivity contribution in [3.05, 3.63) is 24.3 Å². The average Bonchev–Trinajstić information content (AvgIpc) is 2.56. The Morgan fingerprint density at radius 1 is 1.41 bits per heavy atom. The van der Waals surface area contributed by atoms with E-state index in [0.29, 0.717) is 13.0 Å². The van der Waals surface area contributed by atoms with Gasteiger partial charge < -0.3 is 10.6 Å². The minimum absolute atomic E-state index is 0.125. The molecule has 1 atom stereocenters. The number of rotatable bonds is 2. The molecule has 6 nitrogen and oxygen atoms in total. The number of nitrogens with one attached hydrogen (secondary N) is 2. The highest BCUT2D eigenvalue weighted by Crippen LogP contribution is 2.06. The normalized spacial score (nSPS) is 20.2. The lowest BCUT2D eigenvalue weighted by Crippen LogP contribution is -2.45. The highest BCUT2D eigenvalue weighted by atomic mass is 16.2. The molecule has 1 aliphatic heterocycles. The van der Waals surface area contributed by atoms with E-state index in [0.717, 1.165) is 12.8 Å². The molecule has 2 rings (SSSR count). The first-order chi connectivity index (χ1) is 8.27. The monoisotopic (exact) mass is 234 g/mol. The predicted octanol–water partition coefficient (Wildman–Crippen LogP) is -0.125. The average molecular weight is 234 g/mol. The lowest BCUT2D eigenvalue weighted by molar-refractivity contribution is -0.122. The fourth-order valence-corrected chi connectivity index (χ4v) is 1.73. The van der Waals surface area contributed by atoms with Gasteiger partial charge in [0.1, 0.15) is 11.7 Å². The summed E-state index contributed by atoms with van der Waals surface area (Å²) in [6.07, 6.45) is 6.85. The molecule has 2 amide bonds. The maximum absolute atomic E-state index is 11.8. The smallest absolute Gasteiger partial charge is 0.272 e. The maximum Gasteiger partial charge on any atom is 0.272 e. The Kier molecular flexibility index (Phi) is 3.64. The number of aromatic nitrogens is 2. The number of amides is 2. The molecule has 2 N–H and O–H groups in total. The van der Waals surface area contributed by atoms with Crippen LogP contribution in [0.2, 0.25) is 0 Å². The van der Waals surface area contributed by atoms with Crippen LogP contribution in [-0.4, -0.2) is 34.4 Å². The van der Waals surface area contributed by atoms with Crippen molar-refractivity contribution in [3.8, 4) is 0 Å². The third kappa shape index (κ3) is 2.99. The van der Waals surface area contributed by atoms with E-state index in [9.17, 15) is 9.59 Å². The van der Waals surface area contributed by atoms with Gasteiger partial charge >= 0.3 is 0 Å². The van der Waals surface area contributed by atoms with Crippen molar-refractivity contribution in [2.24, 2.45) is 0 Å². The Morgan fingerprint density at radius 3 is 3.06 bits per heavy atom. The number of hydrogen-bond acceptors (Lipinski definition) is 4. The molecule has 17 heavy (non-hydrogen) atoms. The predicted molar refractivity (Wildman–Crippen MR) is 60.1 cm³/mol. The van der Waals surface area contributed by atoms with Crippen LogP contribution in [-0.2, 0) is 4.79 Å². The largest absolute Gasteiger partial charge is 0.354 e. The first-order valence-electron chi connectivity index (χ1n) is 5.62. The summed E-state index contributed by atoms with van der Waals surface area (Å²) in [7, 11) is 0. The van der Waals surface area contributed by atoms with Crippen LogP contribution in [0.15, 0.2) is 18.6 Å². The first kappa shape index (κ1) is 11.5. The maximum atomic E-state index is 11.8. The van der Waals surface area contributed by atoms with E-state index in [1.165, 1.54) is 18.6 Å². The molecule has 0 saturated carbocycles. The highest BCUT2D eigenvalue weighted by molar-refractivity contribution is 5.95. The van der Waals surface area contributed by atoms with Gasteiger partial charge in [0, 0.05) is 18.9 Å². The summed E-state index contributed by atoms with van der Waals surface area (Å²) in [5.41, 5.74) is 0.226. The van der Waals surface area contributed by atoms with Crippen LogP contribution in [0.5, 0.6) is 0 Å². The van der Waals surface area contributed by atoms with Crippen LogP contribution in [0, 0.1) is 0 Å². The van der Waals surface area contributed by atoms with E-state index in [2.05, 4.69) is 20.6 Å². The Hall–Kier alpha value is -1.98. The van der Waals surface area contributed by atoms with Crippen LogP contribution in [0.3, 0.4) is 0 Å². The van der Waals surface area contributed by atoms with Gasteiger partial charge in [-0.05, 0) is 19.3 Å². The molecule has 1 aromatic heterocycles. The SMILES string of the molecule is O=C(N[C@@H]1CCCCNC1=O)c1cnccn1. The standard InChI is InChI=1S/C11H14N4O2/c16-10-8(3-1-2-4-14-10)15-11(17)9-7-12-5-6-13-9/h5-8H,1-4H2,(H,14,16)(H,15,17)/t8-/m1/s1. The highest BCUT2D eigenvalue weighted by Gasteiger charge is 2.23. The molecule has 2 heterocycles. The van der Waals surface area contributed by atoms with E-state index in [4.69, 9.17) is 0 Å². The van der Waals surface area contributed by atoms with E-state index < -0.39 is 6.04 Å². The molecule has 0 radical (unpaired) electrons. The number of hydrogen-bond donors (Lipinski definition) is 2. The van der Waals surface area contributed by atoms with Crippen molar-refractivity contribution in [2.75, 3.05) is 6.54 Å². The Balaban J connectivity index is 2.00. The lowest BCUT2D eigenvalue weighted by atomic mass is 10.1. The first-order valence-corrected chi connectivity index (χ1v) is 5.62. The van der Waals surface area contributed by atoms with Gasteiger partial charge in [0.05, 0.1) is 6.20 Å². The molecule has 0 aromatic carbocycles. The van der Waals surface area contributed by atoms with Crippen LogP contribution in [0.4, 0.5) is 0 Å². The van der Waals surface area contributed by atoms with Crippen LogP contribution in [0.1, 0.15) is 29.8 Å². The summed E-state index contributed by atoms with van der Waals surface area (Å²) in [4.78, 5) is 31.1. The summed E-state index contributed by atoms with van der Waals surface area (Å²) < 4.78 is 0. The summed E-state index contributed by atoms with van der Waals surface area (Å²) in [6, 6.07) is -0.466. The van der Waals surface area contributed by atoms with Crippen molar-refractivity contribution in [2.45, 2.75) is 25.3 Å². The minimum atomic E-state index is -0.466. The zero-order valence-corrected chi connectivity index (χ0v) is 9.35. The van der Waals surface area contributed by atoms with E-state index in [1.807, 2.05) is 0 Å². The second kappa shape index (κ2) is 5.38.